The molecule has 2 rings (SSSR count). The molecule has 2 heterocycles. The lowest BCUT2D eigenvalue weighted by atomic mass is 10.0. The van der Waals surface area contributed by atoms with Crippen molar-refractivity contribution in [3.63, 3.8) is 0 Å². The minimum atomic E-state index is -0.350. The number of pyridine rings is 1. The lowest BCUT2D eigenvalue weighted by molar-refractivity contribution is 0.103. The number of aromatic amines is 2. The number of aromatic nitrogens is 3. The van der Waals surface area contributed by atoms with Crippen molar-refractivity contribution >= 4 is 5.78 Å². The molecule has 88 valence electrons. The maximum Gasteiger partial charge on any atom is 0.323 e. The van der Waals surface area contributed by atoms with Gasteiger partial charge >= 0.3 is 5.69 Å². The first-order valence-electron chi connectivity index (χ1n) is 5.40. The zero-order valence-corrected chi connectivity index (χ0v) is 9.70. The Hall–Kier alpha value is -2.17. The molecule has 0 aliphatic carbocycles. The van der Waals surface area contributed by atoms with E-state index in [-0.39, 0.29) is 11.5 Å². The van der Waals surface area contributed by atoms with Crippen molar-refractivity contribution in [1.82, 2.24) is 15.0 Å². The SMILES string of the molecule is CCc1[nH]c(=O)[nH]c1C(=O)c1ccncc1C. The molecule has 0 spiro atoms. The first-order valence-corrected chi connectivity index (χ1v) is 5.40. The highest BCUT2D eigenvalue weighted by Gasteiger charge is 2.17. The third-order valence-corrected chi connectivity index (χ3v) is 2.65. The molecule has 2 N–H and O–H groups in total. The molecule has 0 amide bonds. The van der Waals surface area contributed by atoms with Gasteiger partial charge in [-0.3, -0.25) is 9.78 Å². The fourth-order valence-electron chi connectivity index (χ4n) is 1.74. The molecule has 0 fully saturated rings. The number of ketones is 1. The van der Waals surface area contributed by atoms with Crippen LogP contribution in [0.4, 0.5) is 0 Å². The Morgan fingerprint density at radius 2 is 2.18 bits per heavy atom. The summed E-state index contributed by atoms with van der Waals surface area (Å²) in [6.45, 7) is 3.70. The fourth-order valence-corrected chi connectivity index (χ4v) is 1.74. The number of carbonyl (C=O) groups excluding carboxylic acids is 1. The van der Waals surface area contributed by atoms with E-state index in [9.17, 15) is 9.59 Å². The number of nitrogens with zero attached hydrogens (tertiary/aromatic N) is 1. The fraction of sp³-hybridized carbons (Fsp3) is 0.250. The number of rotatable bonds is 3. The molecular formula is C12H13N3O2. The van der Waals surface area contributed by atoms with Gasteiger partial charge in [-0.2, -0.15) is 0 Å². The van der Waals surface area contributed by atoms with E-state index in [1.165, 1.54) is 0 Å². The summed E-state index contributed by atoms with van der Waals surface area (Å²) in [6.07, 6.45) is 3.80. The largest absolute Gasteiger partial charge is 0.323 e. The van der Waals surface area contributed by atoms with Crippen LogP contribution in [0, 0.1) is 6.92 Å². The number of H-pyrrole nitrogens is 2. The summed E-state index contributed by atoms with van der Waals surface area (Å²) < 4.78 is 0. The number of imidazole rings is 1. The summed E-state index contributed by atoms with van der Waals surface area (Å²) in [6, 6.07) is 1.66. The van der Waals surface area contributed by atoms with E-state index < -0.39 is 0 Å². The van der Waals surface area contributed by atoms with Crippen molar-refractivity contribution in [2.24, 2.45) is 0 Å². The highest BCUT2D eigenvalue weighted by molar-refractivity contribution is 6.09. The molecular weight excluding hydrogens is 218 g/mol. The van der Waals surface area contributed by atoms with Gasteiger partial charge in [-0.05, 0) is 25.0 Å². The van der Waals surface area contributed by atoms with Gasteiger partial charge in [0.15, 0.2) is 0 Å². The zero-order valence-electron chi connectivity index (χ0n) is 9.70. The maximum atomic E-state index is 12.2. The van der Waals surface area contributed by atoms with Gasteiger partial charge in [0.1, 0.15) is 5.69 Å². The van der Waals surface area contributed by atoms with Gasteiger partial charge < -0.3 is 9.97 Å². The maximum absolute atomic E-state index is 12.2. The lowest BCUT2D eigenvalue weighted by Crippen LogP contribution is -2.08. The molecule has 0 aliphatic rings. The minimum Gasteiger partial charge on any atom is -0.309 e. The third-order valence-electron chi connectivity index (χ3n) is 2.65. The monoisotopic (exact) mass is 231 g/mol. The van der Waals surface area contributed by atoms with Crippen LogP contribution in [0.5, 0.6) is 0 Å². The van der Waals surface area contributed by atoms with Gasteiger partial charge in [0.25, 0.3) is 0 Å². The van der Waals surface area contributed by atoms with Crippen LogP contribution < -0.4 is 5.69 Å². The summed E-state index contributed by atoms with van der Waals surface area (Å²) in [5, 5.41) is 0. The zero-order chi connectivity index (χ0) is 12.4. The molecule has 17 heavy (non-hydrogen) atoms. The molecule has 5 heteroatoms. The molecule has 0 bridgehead atoms. The quantitative estimate of drug-likeness (QED) is 0.779. The van der Waals surface area contributed by atoms with E-state index in [0.717, 1.165) is 5.56 Å². The smallest absolute Gasteiger partial charge is 0.309 e. The standard InChI is InChI=1S/C12H13N3O2/c1-3-9-10(15-12(17)14-9)11(16)8-4-5-13-6-7(8)2/h4-6H,3H2,1-2H3,(H2,14,15,17). The first kappa shape index (κ1) is 11.3. The Balaban J connectivity index is 2.51. The van der Waals surface area contributed by atoms with Crippen LogP contribution in [-0.4, -0.2) is 20.7 Å². The van der Waals surface area contributed by atoms with Crippen molar-refractivity contribution in [2.45, 2.75) is 20.3 Å². The number of hydrogen-bond donors (Lipinski definition) is 2. The third kappa shape index (κ3) is 2.04. The van der Waals surface area contributed by atoms with Crippen molar-refractivity contribution in [2.75, 3.05) is 0 Å². The van der Waals surface area contributed by atoms with Gasteiger partial charge in [0.05, 0.1) is 0 Å². The topological polar surface area (TPSA) is 78.6 Å². The summed E-state index contributed by atoms with van der Waals surface area (Å²) >= 11 is 0. The molecule has 0 unspecified atom stereocenters. The average molecular weight is 231 g/mol. The summed E-state index contributed by atoms with van der Waals surface area (Å²) in [5.41, 5.74) is 1.98. The second-order valence-electron chi connectivity index (χ2n) is 3.81. The number of aryl methyl sites for hydroxylation is 2. The molecule has 2 aromatic heterocycles. The highest BCUT2D eigenvalue weighted by atomic mass is 16.1. The molecule has 0 saturated heterocycles. The van der Waals surface area contributed by atoms with Crippen molar-refractivity contribution < 1.29 is 4.79 Å². The van der Waals surface area contributed by atoms with Gasteiger partial charge in [-0.15, -0.1) is 0 Å². The van der Waals surface area contributed by atoms with Crippen molar-refractivity contribution in [3.05, 3.63) is 51.5 Å². The van der Waals surface area contributed by atoms with Crippen molar-refractivity contribution in [1.29, 1.82) is 0 Å². The molecule has 0 atom stereocenters. The van der Waals surface area contributed by atoms with E-state index >= 15 is 0 Å². The van der Waals surface area contributed by atoms with E-state index in [1.54, 1.807) is 18.5 Å². The molecule has 0 radical (unpaired) electrons. The van der Waals surface area contributed by atoms with E-state index in [4.69, 9.17) is 0 Å². The van der Waals surface area contributed by atoms with Crippen molar-refractivity contribution in [3.8, 4) is 0 Å². The predicted octanol–water partition coefficient (Wildman–Crippen LogP) is 1.20. The van der Waals surface area contributed by atoms with Gasteiger partial charge in [0.2, 0.25) is 5.78 Å². The first-order chi connectivity index (χ1) is 8.13. The summed E-state index contributed by atoms with van der Waals surface area (Å²) in [5.74, 6) is -0.180. The van der Waals surface area contributed by atoms with Crippen LogP contribution in [-0.2, 0) is 6.42 Å². The van der Waals surface area contributed by atoms with Crippen LogP contribution in [0.1, 0.15) is 34.2 Å². The lowest BCUT2D eigenvalue weighted by Gasteiger charge is -2.03. The van der Waals surface area contributed by atoms with Gasteiger partial charge in [0, 0.05) is 23.7 Å². The number of hydrogen-bond acceptors (Lipinski definition) is 3. The van der Waals surface area contributed by atoms with Crippen LogP contribution in [0.15, 0.2) is 23.3 Å². The Morgan fingerprint density at radius 1 is 1.41 bits per heavy atom. The Bertz CT molecular complexity index is 610. The van der Waals surface area contributed by atoms with E-state index in [1.807, 2.05) is 13.8 Å². The minimum absolute atomic E-state index is 0.180. The molecule has 2 aromatic rings. The molecule has 0 saturated carbocycles. The van der Waals surface area contributed by atoms with Crippen LogP contribution in [0.25, 0.3) is 0 Å². The normalized spacial score (nSPS) is 10.5. The highest BCUT2D eigenvalue weighted by Crippen LogP contribution is 2.13. The van der Waals surface area contributed by atoms with Crippen LogP contribution in [0.2, 0.25) is 0 Å². The van der Waals surface area contributed by atoms with E-state index in [2.05, 4.69) is 15.0 Å². The van der Waals surface area contributed by atoms with Gasteiger partial charge in [-0.25, -0.2) is 4.79 Å². The number of nitrogens with one attached hydrogen (secondary N) is 2. The molecule has 0 aromatic carbocycles. The average Bonchev–Trinajstić information content (AvgIpc) is 2.70. The van der Waals surface area contributed by atoms with Gasteiger partial charge in [-0.1, -0.05) is 6.92 Å². The second kappa shape index (κ2) is 4.37. The molecule has 0 aliphatic heterocycles. The summed E-state index contributed by atoms with van der Waals surface area (Å²) in [4.78, 5) is 32.6. The van der Waals surface area contributed by atoms with Crippen LogP contribution in [0.3, 0.4) is 0 Å². The number of carbonyl (C=O) groups is 1. The summed E-state index contributed by atoms with van der Waals surface area (Å²) in [7, 11) is 0. The molecule has 5 nitrogen and oxygen atoms in total. The van der Waals surface area contributed by atoms with Crippen LogP contribution >= 0.6 is 0 Å². The Kier molecular flexibility index (Phi) is 2.91. The Labute approximate surface area is 97.9 Å². The van der Waals surface area contributed by atoms with E-state index in [0.29, 0.717) is 23.4 Å². The Morgan fingerprint density at radius 3 is 2.82 bits per heavy atom. The predicted molar refractivity (Wildman–Crippen MR) is 63.2 cm³/mol. The second-order valence-corrected chi connectivity index (χ2v) is 3.81.